The number of nitrogens with one attached hydrogen (secondary N) is 2. The zero-order chi connectivity index (χ0) is 22.5. The number of anilines is 3. The van der Waals surface area contributed by atoms with Gasteiger partial charge in [0.2, 0.25) is 0 Å². The molecular weight excluding hydrogens is 465 g/mol. The molecule has 0 saturated heterocycles. The fraction of sp³-hybridized carbons (Fsp3) is 0.263. The van der Waals surface area contributed by atoms with Crippen LogP contribution in [0.1, 0.15) is 25.7 Å². The van der Waals surface area contributed by atoms with E-state index in [0.717, 1.165) is 28.9 Å². The minimum atomic E-state index is -0.631. The lowest BCUT2D eigenvalue weighted by molar-refractivity contribution is 0.0748. The topological polar surface area (TPSA) is 96.4 Å². The van der Waals surface area contributed by atoms with Crippen LogP contribution in [0.15, 0.2) is 24.4 Å². The van der Waals surface area contributed by atoms with Gasteiger partial charge in [0.1, 0.15) is 15.7 Å². The van der Waals surface area contributed by atoms with Crippen LogP contribution in [-0.2, 0) is 4.74 Å². The molecule has 31 heavy (non-hydrogen) atoms. The zero-order valence-electron chi connectivity index (χ0n) is 16.9. The van der Waals surface area contributed by atoms with Crippen molar-refractivity contribution in [1.82, 2.24) is 14.3 Å². The Kier molecular flexibility index (Phi) is 7.55. The van der Waals surface area contributed by atoms with Crippen LogP contribution in [0.2, 0.25) is 5.02 Å². The highest BCUT2D eigenvalue weighted by Gasteiger charge is 2.21. The summed E-state index contributed by atoms with van der Waals surface area (Å²) in [5.74, 6) is -1.26. The first-order valence-electron chi connectivity index (χ1n) is 9.00. The number of hydrogen-bond donors (Lipinski definition) is 2. The number of carbonyl (C=O) groups excluding carboxylic acids is 2. The molecule has 0 unspecified atom stereocenters. The van der Waals surface area contributed by atoms with Crippen molar-refractivity contribution in [2.24, 2.45) is 0 Å². The molecule has 0 spiro atoms. The van der Waals surface area contributed by atoms with Crippen LogP contribution in [0, 0.1) is 12.7 Å². The fourth-order valence-corrected chi connectivity index (χ4v) is 4.33. The lowest BCUT2D eigenvalue weighted by atomic mass is 10.2. The Hall–Kier alpha value is -2.60. The quantitative estimate of drug-likeness (QED) is 0.492. The predicted molar refractivity (Wildman–Crippen MR) is 120 cm³/mol. The van der Waals surface area contributed by atoms with Crippen LogP contribution in [0.3, 0.4) is 0 Å². The first-order valence-corrected chi connectivity index (χ1v) is 11.0. The van der Waals surface area contributed by atoms with E-state index in [1.165, 1.54) is 18.3 Å². The Morgan fingerprint density at radius 1 is 1.35 bits per heavy atom. The van der Waals surface area contributed by atoms with Crippen LogP contribution >= 0.6 is 34.5 Å². The number of halogens is 2. The van der Waals surface area contributed by atoms with E-state index in [1.54, 1.807) is 26.0 Å². The standard InChI is InChI=1S/C19H19ClFN5O3S2/c1-10-15(16(27)23-11-4-5-12(20)13(21)8-11)17(31-25-10)24-19-22-9-14(30-19)18(28)26(2)6-7-29-3/h4-5,8-9H,6-7H2,1-3H3,(H,22,24)(H,23,27). The third kappa shape index (κ3) is 5.56. The first-order chi connectivity index (χ1) is 14.8. The molecule has 8 nitrogen and oxygen atoms in total. The summed E-state index contributed by atoms with van der Waals surface area (Å²) < 4.78 is 22.9. The van der Waals surface area contributed by atoms with Gasteiger partial charge in [-0.25, -0.2) is 9.37 Å². The Morgan fingerprint density at radius 2 is 2.13 bits per heavy atom. The van der Waals surface area contributed by atoms with E-state index in [0.29, 0.717) is 39.4 Å². The molecule has 2 N–H and O–H groups in total. The number of carbonyl (C=O) groups is 2. The van der Waals surface area contributed by atoms with Gasteiger partial charge in [-0.05, 0) is 36.7 Å². The molecule has 12 heteroatoms. The first kappa shape index (κ1) is 23.1. The van der Waals surface area contributed by atoms with Gasteiger partial charge < -0.3 is 20.3 Å². The van der Waals surface area contributed by atoms with Crippen LogP contribution in [0.4, 0.5) is 20.2 Å². The Labute approximate surface area is 191 Å². The summed E-state index contributed by atoms with van der Waals surface area (Å²) >= 11 is 7.93. The number of thiazole rings is 1. The molecule has 2 amide bonds. The number of likely N-dealkylation sites (N-methyl/N-ethyl adjacent to an activating group) is 1. The van der Waals surface area contributed by atoms with Crippen molar-refractivity contribution in [1.29, 1.82) is 0 Å². The molecular formula is C19H19ClFN5O3S2. The molecule has 0 aliphatic carbocycles. The number of ether oxygens (including phenoxy) is 1. The van der Waals surface area contributed by atoms with Gasteiger partial charge in [0, 0.05) is 26.4 Å². The highest BCUT2D eigenvalue weighted by molar-refractivity contribution is 7.18. The van der Waals surface area contributed by atoms with Crippen LogP contribution in [0.25, 0.3) is 0 Å². The van der Waals surface area contributed by atoms with Crippen LogP contribution in [-0.4, -0.2) is 53.4 Å². The summed E-state index contributed by atoms with van der Waals surface area (Å²) in [6.07, 6.45) is 1.47. The molecule has 0 aliphatic rings. The lowest BCUT2D eigenvalue weighted by Gasteiger charge is -2.14. The van der Waals surface area contributed by atoms with Gasteiger partial charge in [-0.15, -0.1) is 0 Å². The molecule has 0 fully saturated rings. The van der Waals surface area contributed by atoms with Gasteiger partial charge in [-0.3, -0.25) is 9.59 Å². The highest BCUT2D eigenvalue weighted by Crippen LogP contribution is 2.31. The van der Waals surface area contributed by atoms with Crippen molar-refractivity contribution in [2.75, 3.05) is 37.9 Å². The van der Waals surface area contributed by atoms with Gasteiger partial charge in [0.15, 0.2) is 5.13 Å². The maximum Gasteiger partial charge on any atom is 0.265 e. The van der Waals surface area contributed by atoms with E-state index in [9.17, 15) is 14.0 Å². The lowest BCUT2D eigenvalue weighted by Crippen LogP contribution is -2.29. The fourth-order valence-electron chi connectivity index (χ4n) is 2.54. The van der Waals surface area contributed by atoms with Crippen molar-refractivity contribution in [3.8, 4) is 0 Å². The molecule has 0 aliphatic heterocycles. The van der Waals surface area contributed by atoms with E-state index in [1.807, 2.05) is 0 Å². The molecule has 0 bridgehead atoms. The van der Waals surface area contributed by atoms with Crippen LogP contribution in [0.5, 0.6) is 0 Å². The largest absolute Gasteiger partial charge is 0.383 e. The summed E-state index contributed by atoms with van der Waals surface area (Å²) in [6.45, 7) is 2.59. The van der Waals surface area contributed by atoms with Gasteiger partial charge >= 0.3 is 0 Å². The number of aryl methyl sites for hydroxylation is 1. The normalized spacial score (nSPS) is 10.7. The second-order valence-electron chi connectivity index (χ2n) is 6.43. The number of nitrogens with zero attached hydrogens (tertiary/aromatic N) is 3. The second-order valence-corrected chi connectivity index (χ2v) is 8.64. The van der Waals surface area contributed by atoms with E-state index in [-0.39, 0.29) is 16.6 Å². The highest BCUT2D eigenvalue weighted by atomic mass is 35.5. The van der Waals surface area contributed by atoms with Crippen molar-refractivity contribution >= 4 is 62.1 Å². The predicted octanol–water partition coefficient (Wildman–Crippen LogP) is 4.41. The SMILES string of the molecule is COCCN(C)C(=O)c1cnc(Nc2snc(C)c2C(=O)Nc2ccc(Cl)c(F)c2)s1. The van der Waals surface area contributed by atoms with Crippen molar-refractivity contribution in [3.05, 3.63) is 51.4 Å². The van der Waals surface area contributed by atoms with E-state index >= 15 is 0 Å². The maximum absolute atomic E-state index is 13.7. The average Bonchev–Trinajstić information content (AvgIpc) is 3.35. The molecule has 2 heterocycles. The van der Waals surface area contributed by atoms with E-state index in [2.05, 4.69) is 20.0 Å². The number of amides is 2. The Morgan fingerprint density at radius 3 is 2.84 bits per heavy atom. The average molecular weight is 484 g/mol. The zero-order valence-corrected chi connectivity index (χ0v) is 19.3. The van der Waals surface area contributed by atoms with E-state index < -0.39 is 11.7 Å². The smallest absolute Gasteiger partial charge is 0.265 e. The minimum Gasteiger partial charge on any atom is -0.383 e. The molecule has 3 rings (SSSR count). The Balaban J connectivity index is 1.74. The number of hydrogen-bond acceptors (Lipinski definition) is 8. The number of methoxy groups -OCH3 is 1. The van der Waals surface area contributed by atoms with Crippen molar-refractivity contribution in [2.45, 2.75) is 6.92 Å². The summed E-state index contributed by atoms with van der Waals surface area (Å²) in [4.78, 5) is 31.4. The van der Waals surface area contributed by atoms with Crippen LogP contribution < -0.4 is 10.6 Å². The number of aromatic nitrogens is 2. The molecule has 2 aromatic heterocycles. The third-order valence-corrected chi connectivity index (χ3v) is 6.24. The van der Waals surface area contributed by atoms with E-state index in [4.69, 9.17) is 16.3 Å². The second kappa shape index (κ2) is 10.1. The summed E-state index contributed by atoms with van der Waals surface area (Å²) in [7, 11) is 3.25. The van der Waals surface area contributed by atoms with Crippen molar-refractivity contribution < 1.29 is 18.7 Å². The maximum atomic E-state index is 13.7. The molecule has 3 aromatic rings. The number of benzene rings is 1. The van der Waals surface area contributed by atoms with Crippen molar-refractivity contribution in [3.63, 3.8) is 0 Å². The third-order valence-electron chi connectivity index (χ3n) is 4.18. The van der Waals surface area contributed by atoms with Gasteiger partial charge in [-0.2, -0.15) is 4.37 Å². The summed E-state index contributed by atoms with van der Waals surface area (Å²) in [6, 6.07) is 4.01. The Bertz CT molecular complexity index is 1100. The number of rotatable bonds is 8. The molecule has 1 aromatic carbocycles. The monoisotopic (exact) mass is 483 g/mol. The molecule has 0 saturated carbocycles. The minimum absolute atomic E-state index is 0.0317. The van der Waals surface area contributed by atoms with Gasteiger partial charge in [0.05, 0.1) is 29.1 Å². The molecule has 0 atom stereocenters. The molecule has 0 radical (unpaired) electrons. The molecule has 164 valence electrons. The van der Waals surface area contributed by atoms with Gasteiger partial charge in [-0.1, -0.05) is 22.9 Å². The van der Waals surface area contributed by atoms with Gasteiger partial charge in [0.25, 0.3) is 11.8 Å². The summed E-state index contributed by atoms with van der Waals surface area (Å²) in [5.41, 5.74) is 1.08. The summed E-state index contributed by atoms with van der Waals surface area (Å²) in [5, 5.41) is 6.56.